The lowest BCUT2D eigenvalue weighted by Gasteiger charge is -2.10. The van der Waals surface area contributed by atoms with E-state index in [0.717, 1.165) is 0 Å². The molecule has 2 aromatic rings. The van der Waals surface area contributed by atoms with Crippen molar-refractivity contribution in [1.82, 2.24) is 9.97 Å². The van der Waals surface area contributed by atoms with Crippen molar-refractivity contribution >= 4 is 22.7 Å². The number of nitrogens with one attached hydrogen (secondary N) is 1. The molecule has 0 unspecified atom stereocenters. The molecular formula is C12H12N3O3-. The minimum atomic E-state index is -1.24. The molecule has 94 valence electrons. The Kier molecular flexibility index (Phi) is 3.38. The summed E-state index contributed by atoms with van der Waals surface area (Å²) in [6.07, 6.45) is 0.837. The maximum atomic E-state index is 10.7. The maximum absolute atomic E-state index is 10.7. The molecule has 0 bridgehead atoms. The van der Waals surface area contributed by atoms with Crippen molar-refractivity contribution in [3.63, 3.8) is 0 Å². The van der Waals surface area contributed by atoms with Crippen LogP contribution in [0.1, 0.15) is 17.3 Å². The van der Waals surface area contributed by atoms with E-state index < -0.39 is 12.1 Å². The Hall–Kier alpha value is -2.21. The predicted molar refractivity (Wildman–Crippen MR) is 64.0 cm³/mol. The summed E-state index contributed by atoms with van der Waals surface area (Å²) in [5, 5.41) is 23.6. The second-order valence-electron chi connectivity index (χ2n) is 3.97. The number of carboxylic acid groups (broad SMARTS) is 1. The summed E-state index contributed by atoms with van der Waals surface area (Å²) in [4.78, 5) is 18.8. The molecule has 0 amide bonds. The molecule has 0 aliphatic carbocycles. The standard InChI is InChI=1S/C12H13N3O3/c1-7(16)5-13-11-9-3-2-8(12(17)18)4-10(9)14-6-15-11/h2-4,6-7,16H,5H2,1H3,(H,17,18)(H,13,14,15)/p-1/t7-/m1/s1. The van der Waals surface area contributed by atoms with Crippen molar-refractivity contribution in [2.45, 2.75) is 13.0 Å². The van der Waals surface area contributed by atoms with Crippen LogP contribution in [0.4, 0.5) is 5.82 Å². The number of anilines is 1. The average molecular weight is 246 g/mol. The monoisotopic (exact) mass is 246 g/mol. The number of carbonyl (C=O) groups excluding carboxylic acids is 1. The van der Waals surface area contributed by atoms with Crippen LogP contribution in [0.2, 0.25) is 0 Å². The summed E-state index contributed by atoms with van der Waals surface area (Å²) in [7, 11) is 0. The fourth-order valence-electron chi connectivity index (χ4n) is 1.57. The number of benzene rings is 1. The van der Waals surface area contributed by atoms with Gasteiger partial charge in [0.15, 0.2) is 0 Å². The third kappa shape index (κ3) is 2.54. The van der Waals surface area contributed by atoms with Crippen LogP contribution >= 0.6 is 0 Å². The number of hydrogen-bond donors (Lipinski definition) is 2. The van der Waals surface area contributed by atoms with Crippen LogP contribution in [-0.2, 0) is 0 Å². The molecule has 1 aromatic heterocycles. The summed E-state index contributed by atoms with van der Waals surface area (Å²) >= 11 is 0. The summed E-state index contributed by atoms with van der Waals surface area (Å²) in [6.45, 7) is 2.01. The number of rotatable bonds is 4. The molecule has 2 rings (SSSR count). The van der Waals surface area contributed by atoms with Crippen molar-refractivity contribution < 1.29 is 15.0 Å². The van der Waals surface area contributed by atoms with Gasteiger partial charge in [0.25, 0.3) is 0 Å². The van der Waals surface area contributed by atoms with E-state index in [0.29, 0.717) is 23.3 Å². The van der Waals surface area contributed by atoms with Gasteiger partial charge in [-0.3, -0.25) is 0 Å². The van der Waals surface area contributed by atoms with Crippen LogP contribution in [0, 0.1) is 0 Å². The number of aliphatic hydroxyl groups excluding tert-OH is 1. The van der Waals surface area contributed by atoms with E-state index in [1.165, 1.54) is 18.5 Å². The quantitative estimate of drug-likeness (QED) is 0.774. The summed E-state index contributed by atoms with van der Waals surface area (Å²) in [5.74, 6) is -0.681. The summed E-state index contributed by atoms with van der Waals surface area (Å²) in [5.41, 5.74) is 0.586. The highest BCUT2D eigenvalue weighted by atomic mass is 16.4. The number of aliphatic hydroxyl groups is 1. The Labute approximate surface area is 103 Å². The third-order valence-corrected chi connectivity index (χ3v) is 2.44. The van der Waals surface area contributed by atoms with E-state index in [-0.39, 0.29) is 5.56 Å². The van der Waals surface area contributed by atoms with Gasteiger partial charge in [0, 0.05) is 11.9 Å². The van der Waals surface area contributed by atoms with Crippen LogP contribution in [-0.4, -0.2) is 33.7 Å². The average Bonchev–Trinajstić information content (AvgIpc) is 2.35. The molecule has 2 N–H and O–H groups in total. The van der Waals surface area contributed by atoms with Crippen molar-refractivity contribution in [2.75, 3.05) is 11.9 Å². The van der Waals surface area contributed by atoms with Crippen molar-refractivity contribution in [1.29, 1.82) is 0 Å². The van der Waals surface area contributed by atoms with Gasteiger partial charge in [-0.05, 0) is 24.6 Å². The van der Waals surface area contributed by atoms with Crippen LogP contribution in [0.15, 0.2) is 24.5 Å². The SMILES string of the molecule is C[C@@H](O)CNc1ncnc2cc(C(=O)[O-])ccc12. The van der Waals surface area contributed by atoms with Gasteiger partial charge in [-0.2, -0.15) is 0 Å². The zero-order valence-electron chi connectivity index (χ0n) is 9.75. The molecule has 18 heavy (non-hydrogen) atoms. The van der Waals surface area contributed by atoms with Gasteiger partial charge in [0.05, 0.1) is 17.6 Å². The number of hydrogen-bond acceptors (Lipinski definition) is 6. The molecule has 1 atom stereocenters. The van der Waals surface area contributed by atoms with Gasteiger partial charge in [0.2, 0.25) is 0 Å². The molecule has 0 aliphatic heterocycles. The minimum Gasteiger partial charge on any atom is -0.545 e. The topological polar surface area (TPSA) is 98.2 Å². The number of fused-ring (bicyclic) bond motifs is 1. The fraction of sp³-hybridized carbons (Fsp3) is 0.250. The van der Waals surface area contributed by atoms with Gasteiger partial charge in [-0.1, -0.05) is 6.07 Å². The van der Waals surface area contributed by atoms with Crippen LogP contribution < -0.4 is 10.4 Å². The number of aromatic nitrogens is 2. The van der Waals surface area contributed by atoms with Gasteiger partial charge < -0.3 is 20.3 Å². The highest BCUT2D eigenvalue weighted by molar-refractivity contribution is 5.95. The third-order valence-electron chi connectivity index (χ3n) is 2.44. The van der Waals surface area contributed by atoms with E-state index in [1.807, 2.05) is 0 Å². The lowest BCUT2D eigenvalue weighted by atomic mass is 10.1. The largest absolute Gasteiger partial charge is 0.545 e. The van der Waals surface area contributed by atoms with E-state index >= 15 is 0 Å². The number of carbonyl (C=O) groups is 1. The molecular weight excluding hydrogens is 234 g/mol. The van der Waals surface area contributed by atoms with Crippen molar-refractivity contribution in [3.8, 4) is 0 Å². The first-order valence-electron chi connectivity index (χ1n) is 5.46. The molecule has 0 radical (unpaired) electrons. The molecule has 0 spiro atoms. The smallest absolute Gasteiger partial charge is 0.137 e. The zero-order valence-corrected chi connectivity index (χ0v) is 9.75. The first kappa shape index (κ1) is 12.3. The predicted octanol–water partition coefficient (Wildman–Crippen LogP) is -0.214. The Bertz CT molecular complexity index is 584. The second kappa shape index (κ2) is 4.97. The van der Waals surface area contributed by atoms with Crippen molar-refractivity contribution in [2.24, 2.45) is 0 Å². The summed E-state index contributed by atoms with van der Waals surface area (Å²) < 4.78 is 0. The first-order valence-corrected chi connectivity index (χ1v) is 5.46. The van der Waals surface area contributed by atoms with Crippen molar-refractivity contribution in [3.05, 3.63) is 30.1 Å². The molecule has 1 aromatic carbocycles. The molecule has 0 aliphatic rings. The Balaban J connectivity index is 2.40. The molecule has 1 heterocycles. The van der Waals surface area contributed by atoms with E-state index in [4.69, 9.17) is 0 Å². The Morgan fingerprint density at radius 3 is 2.94 bits per heavy atom. The molecule has 0 fully saturated rings. The number of carboxylic acids is 1. The molecule has 6 nitrogen and oxygen atoms in total. The van der Waals surface area contributed by atoms with Gasteiger partial charge in [0.1, 0.15) is 12.1 Å². The number of aromatic carboxylic acids is 1. The van der Waals surface area contributed by atoms with E-state index in [2.05, 4.69) is 15.3 Å². The van der Waals surface area contributed by atoms with Gasteiger partial charge in [-0.25, -0.2) is 9.97 Å². The highest BCUT2D eigenvalue weighted by Crippen LogP contribution is 2.20. The second-order valence-corrected chi connectivity index (χ2v) is 3.97. The molecule has 0 saturated carbocycles. The van der Waals surface area contributed by atoms with Crippen LogP contribution in [0.3, 0.4) is 0 Å². The molecule has 0 saturated heterocycles. The Morgan fingerprint density at radius 2 is 2.28 bits per heavy atom. The first-order chi connectivity index (χ1) is 8.58. The minimum absolute atomic E-state index is 0.0719. The normalized spacial score (nSPS) is 12.3. The maximum Gasteiger partial charge on any atom is 0.137 e. The van der Waals surface area contributed by atoms with Crippen LogP contribution in [0.5, 0.6) is 0 Å². The Morgan fingerprint density at radius 1 is 1.50 bits per heavy atom. The van der Waals surface area contributed by atoms with E-state index in [1.54, 1.807) is 13.0 Å². The lowest BCUT2D eigenvalue weighted by molar-refractivity contribution is -0.255. The zero-order chi connectivity index (χ0) is 13.1. The van der Waals surface area contributed by atoms with E-state index in [9.17, 15) is 15.0 Å². The fourth-order valence-corrected chi connectivity index (χ4v) is 1.57. The summed E-state index contributed by atoms with van der Waals surface area (Å²) in [6, 6.07) is 4.49. The molecule has 6 heteroatoms. The van der Waals surface area contributed by atoms with Gasteiger partial charge in [-0.15, -0.1) is 0 Å². The highest BCUT2D eigenvalue weighted by Gasteiger charge is 2.05. The van der Waals surface area contributed by atoms with Crippen LogP contribution in [0.25, 0.3) is 10.9 Å². The lowest BCUT2D eigenvalue weighted by Crippen LogP contribution is -2.22. The number of nitrogens with zero attached hydrogens (tertiary/aromatic N) is 2. The van der Waals surface area contributed by atoms with Gasteiger partial charge >= 0.3 is 0 Å².